The molecule has 1 heterocycles. The predicted molar refractivity (Wildman–Crippen MR) is 74.5 cm³/mol. The molecular formula is C16H22FNO. The second-order valence-corrected chi connectivity index (χ2v) is 5.80. The zero-order valence-corrected chi connectivity index (χ0v) is 11.7. The van der Waals surface area contributed by atoms with Crippen LogP contribution in [0.1, 0.15) is 32.3 Å². The van der Waals surface area contributed by atoms with Gasteiger partial charge in [-0.25, -0.2) is 4.39 Å². The maximum Gasteiger partial charge on any atom is 0.151 e. The molecule has 2 unspecified atom stereocenters. The number of carbonyl (C=O) groups is 1. The van der Waals surface area contributed by atoms with Crippen molar-refractivity contribution < 1.29 is 9.18 Å². The van der Waals surface area contributed by atoms with E-state index in [-0.39, 0.29) is 11.6 Å². The molecule has 1 aromatic rings. The summed E-state index contributed by atoms with van der Waals surface area (Å²) in [6.07, 6.45) is 2.83. The van der Waals surface area contributed by atoms with Gasteiger partial charge in [-0.3, -0.25) is 9.69 Å². The van der Waals surface area contributed by atoms with Crippen molar-refractivity contribution in [3.63, 3.8) is 0 Å². The first-order chi connectivity index (χ1) is 9.04. The highest BCUT2D eigenvalue weighted by Gasteiger charge is 2.24. The Morgan fingerprint density at radius 2 is 1.95 bits per heavy atom. The van der Waals surface area contributed by atoms with Gasteiger partial charge in [0.05, 0.1) is 6.54 Å². The smallest absolute Gasteiger partial charge is 0.151 e. The maximum absolute atomic E-state index is 12.8. The number of ketones is 1. The van der Waals surface area contributed by atoms with Crippen LogP contribution in [0.4, 0.5) is 4.39 Å². The quantitative estimate of drug-likeness (QED) is 0.832. The van der Waals surface area contributed by atoms with Crippen LogP contribution in [0.3, 0.4) is 0 Å². The number of halogens is 1. The number of rotatable bonds is 4. The Hall–Kier alpha value is -1.22. The Labute approximate surface area is 114 Å². The molecule has 3 heteroatoms. The molecule has 0 N–H and O–H groups in total. The average Bonchev–Trinajstić information content (AvgIpc) is 2.37. The van der Waals surface area contributed by atoms with Gasteiger partial charge >= 0.3 is 0 Å². The van der Waals surface area contributed by atoms with Crippen LogP contribution >= 0.6 is 0 Å². The molecule has 0 saturated carbocycles. The number of piperidine rings is 1. The highest BCUT2D eigenvalue weighted by atomic mass is 19.1. The fraction of sp³-hybridized carbons (Fsp3) is 0.562. The number of nitrogens with zero attached hydrogens (tertiary/aromatic N) is 1. The summed E-state index contributed by atoms with van der Waals surface area (Å²) in [5.41, 5.74) is 0.893. The van der Waals surface area contributed by atoms with E-state index in [4.69, 9.17) is 0 Å². The van der Waals surface area contributed by atoms with Crippen LogP contribution in [-0.4, -0.2) is 29.8 Å². The largest absolute Gasteiger partial charge is 0.298 e. The van der Waals surface area contributed by atoms with Crippen LogP contribution in [0, 0.1) is 11.7 Å². The van der Waals surface area contributed by atoms with Crippen LogP contribution in [0.5, 0.6) is 0 Å². The summed E-state index contributed by atoms with van der Waals surface area (Å²) in [6, 6.07) is 6.70. The second-order valence-electron chi connectivity index (χ2n) is 5.80. The van der Waals surface area contributed by atoms with E-state index in [1.807, 2.05) is 0 Å². The number of benzene rings is 1. The van der Waals surface area contributed by atoms with Gasteiger partial charge in [0.25, 0.3) is 0 Å². The van der Waals surface area contributed by atoms with Gasteiger partial charge in [-0.15, -0.1) is 0 Å². The molecule has 0 aliphatic carbocycles. The number of hydrogen-bond acceptors (Lipinski definition) is 2. The Morgan fingerprint density at radius 1 is 1.26 bits per heavy atom. The van der Waals surface area contributed by atoms with Crippen molar-refractivity contribution in [2.75, 3.05) is 13.1 Å². The molecule has 0 spiro atoms. The zero-order chi connectivity index (χ0) is 13.8. The summed E-state index contributed by atoms with van der Waals surface area (Å²) in [6.45, 7) is 5.96. The molecule has 1 aliphatic heterocycles. The second kappa shape index (κ2) is 6.29. The summed E-state index contributed by atoms with van der Waals surface area (Å²) in [5.74, 6) is 0.636. The van der Waals surface area contributed by atoms with Gasteiger partial charge in [0.2, 0.25) is 0 Å². The minimum Gasteiger partial charge on any atom is -0.298 e. The molecule has 1 aromatic carbocycles. The van der Waals surface area contributed by atoms with E-state index in [1.165, 1.54) is 25.0 Å². The minimum atomic E-state index is -0.255. The topological polar surface area (TPSA) is 20.3 Å². The van der Waals surface area contributed by atoms with E-state index < -0.39 is 0 Å². The molecule has 2 rings (SSSR count). The van der Waals surface area contributed by atoms with Crippen molar-refractivity contribution in [3.05, 3.63) is 35.6 Å². The molecular weight excluding hydrogens is 241 g/mol. The third-order valence-corrected chi connectivity index (χ3v) is 3.94. The lowest BCUT2D eigenvalue weighted by Gasteiger charge is -2.36. The summed E-state index contributed by atoms with van der Waals surface area (Å²) in [4.78, 5) is 14.4. The normalized spacial score (nSPS) is 24.4. The molecule has 1 aliphatic rings. The predicted octanol–water partition coefficient (Wildman–Crippen LogP) is 3.06. The number of likely N-dealkylation sites (tertiary alicyclic amines) is 1. The Bertz CT molecular complexity index is 429. The van der Waals surface area contributed by atoms with Gasteiger partial charge in [-0.2, -0.15) is 0 Å². The van der Waals surface area contributed by atoms with Gasteiger partial charge in [-0.1, -0.05) is 19.1 Å². The number of hydrogen-bond donors (Lipinski definition) is 0. The summed E-state index contributed by atoms with van der Waals surface area (Å²) >= 11 is 0. The SMILES string of the molecule is CC1CCC(C)N(CC(=O)Cc2ccc(F)cc2)C1. The van der Waals surface area contributed by atoms with Crippen LogP contribution in [-0.2, 0) is 11.2 Å². The highest BCUT2D eigenvalue weighted by molar-refractivity contribution is 5.82. The Balaban J connectivity index is 1.88. The standard InChI is InChI=1S/C16H22FNO/c1-12-3-4-13(2)18(10-12)11-16(19)9-14-5-7-15(17)8-6-14/h5-8,12-13H,3-4,9-11H2,1-2H3. The first-order valence-corrected chi connectivity index (χ1v) is 7.05. The molecule has 0 bridgehead atoms. The zero-order valence-electron chi connectivity index (χ0n) is 11.7. The third-order valence-electron chi connectivity index (χ3n) is 3.94. The van der Waals surface area contributed by atoms with Gasteiger partial charge < -0.3 is 0 Å². The fourth-order valence-electron chi connectivity index (χ4n) is 2.71. The summed E-state index contributed by atoms with van der Waals surface area (Å²) in [7, 11) is 0. The maximum atomic E-state index is 12.8. The molecule has 19 heavy (non-hydrogen) atoms. The van der Waals surface area contributed by atoms with Gasteiger partial charge in [0, 0.05) is 19.0 Å². The van der Waals surface area contributed by atoms with E-state index >= 15 is 0 Å². The molecule has 0 amide bonds. The van der Waals surface area contributed by atoms with Crippen LogP contribution < -0.4 is 0 Å². The van der Waals surface area contributed by atoms with E-state index in [0.717, 1.165) is 12.1 Å². The Kier molecular flexibility index (Phi) is 4.70. The van der Waals surface area contributed by atoms with Gasteiger partial charge in [-0.05, 0) is 43.4 Å². The summed E-state index contributed by atoms with van der Waals surface area (Å²) < 4.78 is 12.8. The summed E-state index contributed by atoms with van der Waals surface area (Å²) in [5, 5.41) is 0. The van der Waals surface area contributed by atoms with Gasteiger partial charge in [0.15, 0.2) is 5.78 Å². The Morgan fingerprint density at radius 3 is 2.63 bits per heavy atom. The van der Waals surface area contributed by atoms with Crippen molar-refractivity contribution in [1.29, 1.82) is 0 Å². The molecule has 0 radical (unpaired) electrons. The van der Waals surface area contributed by atoms with Crippen LogP contribution in [0.15, 0.2) is 24.3 Å². The lowest BCUT2D eigenvalue weighted by atomic mass is 9.94. The van der Waals surface area contributed by atoms with E-state index in [2.05, 4.69) is 18.7 Å². The lowest BCUT2D eigenvalue weighted by Crippen LogP contribution is -2.44. The van der Waals surface area contributed by atoms with Crippen LogP contribution in [0.2, 0.25) is 0 Å². The highest BCUT2D eigenvalue weighted by Crippen LogP contribution is 2.21. The van der Waals surface area contributed by atoms with E-state index in [9.17, 15) is 9.18 Å². The monoisotopic (exact) mass is 263 g/mol. The van der Waals surface area contributed by atoms with Crippen LogP contribution in [0.25, 0.3) is 0 Å². The first-order valence-electron chi connectivity index (χ1n) is 7.05. The lowest BCUT2D eigenvalue weighted by molar-refractivity contribution is -0.120. The molecule has 104 valence electrons. The molecule has 1 fully saturated rings. The molecule has 0 aromatic heterocycles. The van der Waals surface area contributed by atoms with E-state index in [1.54, 1.807) is 12.1 Å². The van der Waals surface area contributed by atoms with Crippen molar-refractivity contribution >= 4 is 5.78 Å². The van der Waals surface area contributed by atoms with E-state index in [0.29, 0.717) is 24.9 Å². The molecule has 1 saturated heterocycles. The molecule has 2 atom stereocenters. The first kappa shape index (κ1) is 14.2. The fourth-order valence-corrected chi connectivity index (χ4v) is 2.71. The van der Waals surface area contributed by atoms with Crippen molar-refractivity contribution in [3.8, 4) is 0 Å². The van der Waals surface area contributed by atoms with Crippen molar-refractivity contribution in [2.45, 2.75) is 39.2 Å². The van der Waals surface area contributed by atoms with Gasteiger partial charge in [0.1, 0.15) is 5.82 Å². The number of carbonyl (C=O) groups excluding carboxylic acids is 1. The number of Topliss-reactive ketones (excluding diaryl/α,β-unsaturated/α-hetero) is 1. The average molecular weight is 263 g/mol. The third kappa shape index (κ3) is 4.13. The minimum absolute atomic E-state index is 0.215. The van der Waals surface area contributed by atoms with Crippen molar-refractivity contribution in [1.82, 2.24) is 4.90 Å². The molecule has 2 nitrogen and oxygen atoms in total. The van der Waals surface area contributed by atoms with Crippen molar-refractivity contribution in [2.24, 2.45) is 5.92 Å².